The van der Waals surface area contributed by atoms with Crippen molar-refractivity contribution in [2.75, 3.05) is 59.5 Å². The summed E-state index contributed by atoms with van der Waals surface area (Å²) in [5.74, 6) is 0.837. The second-order valence-electron chi connectivity index (χ2n) is 6.78. The van der Waals surface area contributed by atoms with Gasteiger partial charge >= 0.3 is 0 Å². The predicted molar refractivity (Wildman–Crippen MR) is 126 cm³/mol. The van der Waals surface area contributed by atoms with Crippen molar-refractivity contribution in [2.24, 2.45) is 4.99 Å². The number of morpholine rings is 1. The van der Waals surface area contributed by atoms with Crippen LogP contribution in [-0.4, -0.2) is 87.2 Å². The Bertz CT molecular complexity index is 669. The number of hydrogen-bond donors (Lipinski definition) is 2. The Morgan fingerprint density at radius 1 is 1.25 bits per heavy atom. The fraction of sp³-hybridized carbons (Fsp3) is 0.579. The lowest BCUT2D eigenvalue weighted by Crippen LogP contribution is -2.47. The van der Waals surface area contributed by atoms with Crippen LogP contribution in [0.15, 0.2) is 33.7 Å². The first-order valence-corrected chi connectivity index (χ1v) is 10.3. The van der Waals surface area contributed by atoms with Crippen LogP contribution in [-0.2, 0) is 4.74 Å². The third-order valence-corrected chi connectivity index (χ3v) is 5.51. The van der Waals surface area contributed by atoms with E-state index in [1.54, 1.807) is 0 Å². The second kappa shape index (κ2) is 11.9. The number of nitrogens with zero attached hydrogens (tertiary/aromatic N) is 3. The lowest BCUT2D eigenvalue weighted by atomic mass is 10.2. The van der Waals surface area contributed by atoms with Gasteiger partial charge in [0.05, 0.1) is 13.2 Å². The number of halogens is 2. The molecular formula is C19H29BrIN5O2. The van der Waals surface area contributed by atoms with Crippen LogP contribution in [0, 0.1) is 0 Å². The van der Waals surface area contributed by atoms with Crippen molar-refractivity contribution in [3.63, 3.8) is 0 Å². The van der Waals surface area contributed by atoms with Crippen molar-refractivity contribution >= 4 is 51.8 Å². The maximum Gasteiger partial charge on any atom is 0.251 e. The molecule has 0 aromatic heterocycles. The lowest BCUT2D eigenvalue weighted by molar-refractivity contribution is 0.0195. The molecule has 1 aromatic carbocycles. The summed E-state index contributed by atoms with van der Waals surface area (Å²) in [7, 11) is 1.81. The lowest BCUT2D eigenvalue weighted by Gasteiger charge is -2.32. The average Bonchev–Trinajstić information content (AvgIpc) is 3.18. The molecule has 0 bridgehead atoms. The number of hydrogen-bond acceptors (Lipinski definition) is 4. The highest BCUT2D eigenvalue weighted by atomic mass is 127. The fourth-order valence-electron chi connectivity index (χ4n) is 3.59. The molecule has 2 aliphatic heterocycles. The number of amides is 1. The van der Waals surface area contributed by atoms with E-state index in [-0.39, 0.29) is 29.9 Å². The zero-order valence-corrected chi connectivity index (χ0v) is 20.1. The summed E-state index contributed by atoms with van der Waals surface area (Å²) in [6, 6.07) is 7.96. The van der Waals surface area contributed by atoms with E-state index in [0.29, 0.717) is 24.7 Å². The molecule has 2 saturated heterocycles. The Hall–Kier alpha value is -0.910. The molecule has 0 saturated carbocycles. The van der Waals surface area contributed by atoms with E-state index in [4.69, 9.17) is 4.74 Å². The first-order chi connectivity index (χ1) is 13.2. The highest BCUT2D eigenvalue weighted by molar-refractivity contribution is 14.0. The van der Waals surface area contributed by atoms with Gasteiger partial charge < -0.3 is 20.3 Å². The molecule has 0 aliphatic carbocycles. The smallest absolute Gasteiger partial charge is 0.251 e. The van der Waals surface area contributed by atoms with Gasteiger partial charge in [0.15, 0.2) is 5.96 Å². The number of carbonyl (C=O) groups is 1. The minimum absolute atomic E-state index is 0. The first-order valence-electron chi connectivity index (χ1n) is 9.48. The number of carbonyl (C=O) groups excluding carboxylic acids is 1. The van der Waals surface area contributed by atoms with Crippen molar-refractivity contribution in [3.05, 3.63) is 34.3 Å². The van der Waals surface area contributed by atoms with Gasteiger partial charge in [-0.3, -0.25) is 14.7 Å². The van der Waals surface area contributed by atoms with E-state index in [2.05, 4.69) is 41.4 Å². The number of aliphatic imine (C=N–C) groups is 1. The van der Waals surface area contributed by atoms with Gasteiger partial charge in [-0.1, -0.05) is 22.0 Å². The van der Waals surface area contributed by atoms with E-state index in [9.17, 15) is 4.79 Å². The summed E-state index contributed by atoms with van der Waals surface area (Å²) in [5.41, 5.74) is 0.654. The predicted octanol–water partition coefficient (Wildman–Crippen LogP) is 1.78. The molecular weight excluding hydrogens is 537 g/mol. The van der Waals surface area contributed by atoms with Crippen LogP contribution in [0.25, 0.3) is 0 Å². The van der Waals surface area contributed by atoms with Crippen LogP contribution >= 0.6 is 39.9 Å². The number of rotatable bonds is 5. The topological polar surface area (TPSA) is 69.2 Å². The van der Waals surface area contributed by atoms with Crippen molar-refractivity contribution < 1.29 is 9.53 Å². The average molecular weight is 566 g/mol. The Kier molecular flexibility index (Phi) is 9.96. The molecule has 1 atom stereocenters. The highest BCUT2D eigenvalue weighted by Crippen LogP contribution is 2.17. The largest absolute Gasteiger partial charge is 0.379 e. The molecule has 3 rings (SSSR count). The summed E-state index contributed by atoms with van der Waals surface area (Å²) >= 11 is 3.39. The highest BCUT2D eigenvalue weighted by Gasteiger charge is 2.30. The van der Waals surface area contributed by atoms with Gasteiger partial charge in [-0.2, -0.15) is 0 Å². The third-order valence-electron chi connectivity index (χ3n) is 5.02. The summed E-state index contributed by atoms with van der Waals surface area (Å²) in [6.45, 7) is 6.90. The van der Waals surface area contributed by atoms with E-state index in [0.717, 1.165) is 56.2 Å². The van der Waals surface area contributed by atoms with E-state index in [1.165, 1.54) is 0 Å². The summed E-state index contributed by atoms with van der Waals surface area (Å²) in [5, 5.41) is 6.30. The van der Waals surface area contributed by atoms with E-state index in [1.807, 2.05) is 31.3 Å². The quantitative estimate of drug-likeness (QED) is 0.246. The first kappa shape index (κ1) is 23.4. The molecule has 156 valence electrons. The van der Waals surface area contributed by atoms with Gasteiger partial charge in [0.2, 0.25) is 0 Å². The summed E-state index contributed by atoms with van der Waals surface area (Å²) in [6.07, 6.45) is 1.15. The van der Waals surface area contributed by atoms with Gasteiger partial charge in [-0.05, 0) is 24.6 Å². The summed E-state index contributed by atoms with van der Waals surface area (Å²) in [4.78, 5) is 21.4. The maximum atomic E-state index is 12.2. The SMILES string of the molecule is CN=C(NCCNC(=O)c1cccc(Br)c1)N1CCC(N2CCOCC2)C1.I. The molecule has 28 heavy (non-hydrogen) atoms. The minimum atomic E-state index is -0.0679. The molecule has 7 nitrogen and oxygen atoms in total. The van der Waals surface area contributed by atoms with E-state index < -0.39 is 0 Å². The van der Waals surface area contributed by atoms with Crippen LogP contribution < -0.4 is 10.6 Å². The van der Waals surface area contributed by atoms with Crippen molar-refractivity contribution in [2.45, 2.75) is 12.5 Å². The second-order valence-corrected chi connectivity index (χ2v) is 7.69. The standard InChI is InChI=1S/C19H28BrN5O2.HI/c1-21-19(25-8-5-17(14-25)24-9-11-27-12-10-24)23-7-6-22-18(26)15-3-2-4-16(20)13-15;/h2-4,13,17H,5-12,14H2,1H3,(H,21,23)(H,22,26);1H. The number of likely N-dealkylation sites (tertiary alicyclic amines) is 1. The molecule has 1 aromatic rings. The van der Waals surface area contributed by atoms with E-state index >= 15 is 0 Å². The Labute approximate surface area is 192 Å². The van der Waals surface area contributed by atoms with Gasteiger partial charge in [0.25, 0.3) is 5.91 Å². The van der Waals surface area contributed by atoms with Crippen molar-refractivity contribution in [3.8, 4) is 0 Å². The van der Waals surface area contributed by atoms with Gasteiger partial charge in [-0.25, -0.2) is 0 Å². The van der Waals surface area contributed by atoms with Crippen LogP contribution in [0.5, 0.6) is 0 Å². The Balaban J connectivity index is 0.00000280. The number of benzene rings is 1. The van der Waals surface area contributed by atoms with Crippen LogP contribution in [0.2, 0.25) is 0 Å². The molecule has 2 N–H and O–H groups in total. The molecule has 9 heteroatoms. The number of guanidine groups is 1. The minimum Gasteiger partial charge on any atom is -0.379 e. The van der Waals surface area contributed by atoms with Crippen LogP contribution in [0.1, 0.15) is 16.8 Å². The molecule has 0 radical (unpaired) electrons. The van der Waals surface area contributed by atoms with Crippen LogP contribution in [0.4, 0.5) is 0 Å². The molecule has 1 unspecified atom stereocenters. The van der Waals surface area contributed by atoms with Gasteiger partial charge in [0, 0.05) is 62.4 Å². The number of nitrogens with one attached hydrogen (secondary N) is 2. The molecule has 2 heterocycles. The zero-order chi connectivity index (χ0) is 19.1. The van der Waals surface area contributed by atoms with Crippen molar-refractivity contribution in [1.82, 2.24) is 20.4 Å². The molecule has 2 fully saturated rings. The maximum absolute atomic E-state index is 12.2. The third kappa shape index (κ3) is 6.57. The Morgan fingerprint density at radius 2 is 2.00 bits per heavy atom. The normalized spacial score (nSPS) is 20.6. The molecule has 1 amide bonds. The Morgan fingerprint density at radius 3 is 2.71 bits per heavy atom. The zero-order valence-electron chi connectivity index (χ0n) is 16.2. The van der Waals surface area contributed by atoms with Gasteiger partial charge in [-0.15, -0.1) is 24.0 Å². The monoisotopic (exact) mass is 565 g/mol. The van der Waals surface area contributed by atoms with Crippen LogP contribution in [0.3, 0.4) is 0 Å². The summed E-state index contributed by atoms with van der Waals surface area (Å²) < 4.78 is 6.35. The molecule has 0 spiro atoms. The fourth-order valence-corrected chi connectivity index (χ4v) is 3.99. The molecule has 2 aliphatic rings. The number of ether oxygens (including phenoxy) is 1. The van der Waals surface area contributed by atoms with Crippen molar-refractivity contribution in [1.29, 1.82) is 0 Å². The van der Waals surface area contributed by atoms with Gasteiger partial charge in [0.1, 0.15) is 0 Å².